The Balaban J connectivity index is 2.31. The van der Waals surface area contributed by atoms with Gasteiger partial charge in [-0.05, 0) is 38.2 Å². The Labute approximate surface area is 110 Å². The zero-order chi connectivity index (χ0) is 12.4. The summed E-state index contributed by atoms with van der Waals surface area (Å²) in [7, 11) is 0. The minimum Gasteiger partial charge on any atom is -0.377 e. The van der Waals surface area contributed by atoms with Crippen LogP contribution in [0.2, 0.25) is 5.02 Å². The van der Waals surface area contributed by atoms with Crippen molar-refractivity contribution in [1.29, 1.82) is 0 Å². The van der Waals surface area contributed by atoms with Crippen LogP contribution in [-0.4, -0.2) is 22.3 Å². The number of rotatable bonds is 4. The number of halogens is 1. The number of nitrogens with one attached hydrogen (secondary N) is 1. The lowest BCUT2D eigenvalue weighted by Crippen LogP contribution is -2.10. The molecule has 17 heavy (non-hydrogen) atoms. The van der Waals surface area contributed by atoms with E-state index in [1.807, 2.05) is 36.6 Å². The van der Waals surface area contributed by atoms with E-state index in [0.29, 0.717) is 16.4 Å². The summed E-state index contributed by atoms with van der Waals surface area (Å²) in [5, 5.41) is 0.692. The number of aromatic amines is 1. The molecule has 0 aliphatic heterocycles. The number of aromatic nitrogens is 2. The molecule has 0 saturated heterocycles. The van der Waals surface area contributed by atoms with Crippen molar-refractivity contribution in [1.82, 2.24) is 9.55 Å². The van der Waals surface area contributed by atoms with Gasteiger partial charge in [0.25, 0.3) is 0 Å². The van der Waals surface area contributed by atoms with E-state index in [1.54, 1.807) is 0 Å². The molecule has 92 valence electrons. The highest BCUT2D eigenvalue weighted by Crippen LogP contribution is 2.22. The number of ether oxygens (including phenoxy) is 1. The van der Waals surface area contributed by atoms with Gasteiger partial charge in [-0.1, -0.05) is 17.7 Å². The van der Waals surface area contributed by atoms with Gasteiger partial charge in [0.1, 0.15) is 0 Å². The van der Waals surface area contributed by atoms with Crippen molar-refractivity contribution in [3.05, 3.63) is 28.0 Å². The Bertz CT molecular complexity index is 573. The van der Waals surface area contributed by atoms with Crippen molar-refractivity contribution in [2.24, 2.45) is 0 Å². The smallest absolute Gasteiger partial charge is 0.178 e. The molecular weight excluding hydrogens is 256 g/mol. The molecule has 0 fully saturated rings. The van der Waals surface area contributed by atoms with E-state index < -0.39 is 0 Å². The maximum Gasteiger partial charge on any atom is 0.178 e. The first-order chi connectivity index (χ1) is 8.09. The minimum atomic E-state index is 0.234. The van der Waals surface area contributed by atoms with Crippen LogP contribution in [0.3, 0.4) is 0 Å². The van der Waals surface area contributed by atoms with Crippen LogP contribution in [0.15, 0.2) is 18.2 Å². The van der Waals surface area contributed by atoms with Gasteiger partial charge < -0.3 is 14.3 Å². The highest BCUT2D eigenvalue weighted by Gasteiger charge is 2.06. The number of hydrogen-bond acceptors (Lipinski definition) is 2. The largest absolute Gasteiger partial charge is 0.377 e. The van der Waals surface area contributed by atoms with Crippen LogP contribution in [0.25, 0.3) is 11.0 Å². The molecule has 0 radical (unpaired) electrons. The van der Waals surface area contributed by atoms with Crippen molar-refractivity contribution in [3.63, 3.8) is 0 Å². The van der Waals surface area contributed by atoms with Crippen LogP contribution in [0, 0.1) is 4.77 Å². The van der Waals surface area contributed by atoms with E-state index in [2.05, 4.69) is 4.98 Å². The second-order valence-corrected chi connectivity index (χ2v) is 4.93. The summed E-state index contributed by atoms with van der Waals surface area (Å²) < 4.78 is 8.23. The summed E-state index contributed by atoms with van der Waals surface area (Å²) in [6.07, 6.45) is 0.234. The standard InChI is InChI=1S/C12H15ClN2OS/c1-8(2)16-7-6-15-10-5-3-4-9(13)11(10)14-12(15)17/h3-5,8H,6-7H2,1-2H3,(H,14,17). The monoisotopic (exact) mass is 270 g/mol. The Kier molecular flexibility index (Phi) is 3.86. The molecule has 0 bridgehead atoms. The molecule has 0 amide bonds. The SMILES string of the molecule is CC(C)OCCn1c(=S)[nH]c2c(Cl)cccc21. The van der Waals surface area contributed by atoms with Crippen LogP contribution >= 0.6 is 23.8 Å². The third kappa shape index (κ3) is 2.70. The fraction of sp³-hybridized carbons (Fsp3) is 0.417. The lowest BCUT2D eigenvalue weighted by atomic mass is 10.3. The second kappa shape index (κ2) is 5.21. The maximum atomic E-state index is 6.10. The van der Waals surface area contributed by atoms with Gasteiger partial charge in [-0.3, -0.25) is 0 Å². The molecule has 0 atom stereocenters. The Hall–Kier alpha value is -0.840. The number of benzene rings is 1. The molecule has 1 aromatic heterocycles. The zero-order valence-electron chi connectivity index (χ0n) is 9.87. The Morgan fingerprint density at radius 2 is 2.24 bits per heavy atom. The molecule has 0 spiro atoms. The van der Waals surface area contributed by atoms with Crippen molar-refractivity contribution >= 4 is 34.9 Å². The molecule has 1 heterocycles. The highest BCUT2D eigenvalue weighted by atomic mass is 35.5. The van der Waals surface area contributed by atoms with Crippen LogP contribution in [0.5, 0.6) is 0 Å². The summed E-state index contributed by atoms with van der Waals surface area (Å²) in [5.41, 5.74) is 1.92. The predicted octanol–water partition coefficient (Wildman–Crippen LogP) is 3.78. The summed E-state index contributed by atoms with van der Waals surface area (Å²) in [6.45, 7) is 5.42. The molecule has 5 heteroatoms. The van der Waals surface area contributed by atoms with E-state index >= 15 is 0 Å². The van der Waals surface area contributed by atoms with Gasteiger partial charge >= 0.3 is 0 Å². The molecule has 1 aromatic carbocycles. The average molecular weight is 271 g/mol. The molecule has 3 nitrogen and oxygen atoms in total. The van der Waals surface area contributed by atoms with Crippen LogP contribution in [0.4, 0.5) is 0 Å². The average Bonchev–Trinajstić information content (AvgIpc) is 2.57. The summed E-state index contributed by atoms with van der Waals surface area (Å²) in [5.74, 6) is 0. The van der Waals surface area contributed by atoms with Crippen LogP contribution in [0.1, 0.15) is 13.8 Å². The van der Waals surface area contributed by atoms with Gasteiger partial charge in [0.15, 0.2) is 4.77 Å². The Morgan fingerprint density at radius 3 is 2.94 bits per heavy atom. The molecule has 0 saturated carbocycles. The van der Waals surface area contributed by atoms with E-state index in [0.717, 1.165) is 17.6 Å². The third-order valence-electron chi connectivity index (χ3n) is 2.53. The minimum absolute atomic E-state index is 0.234. The highest BCUT2D eigenvalue weighted by molar-refractivity contribution is 7.71. The fourth-order valence-corrected chi connectivity index (χ4v) is 2.26. The molecule has 0 aliphatic rings. The fourth-order valence-electron chi connectivity index (χ4n) is 1.75. The summed E-state index contributed by atoms with van der Waals surface area (Å²) in [4.78, 5) is 3.12. The normalized spacial score (nSPS) is 11.5. The quantitative estimate of drug-likeness (QED) is 0.857. The maximum absolute atomic E-state index is 6.10. The number of para-hydroxylation sites is 1. The van der Waals surface area contributed by atoms with E-state index in [9.17, 15) is 0 Å². The van der Waals surface area contributed by atoms with Crippen molar-refractivity contribution < 1.29 is 4.74 Å². The number of imidazole rings is 1. The van der Waals surface area contributed by atoms with Crippen molar-refractivity contribution in [3.8, 4) is 0 Å². The molecule has 2 rings (SSSR count). The van der Waals surface area contributed by atoms with Gasteiger partial charge in [-0.15, -0.1) is 0 Å². The van der Waals surface area contributed by atoms with Gasteiger partial charge in [-0.25, -0.2) is 0 Å². The van der Waals surface area contributed by atoms with Crippen LogP contribution in [-0.2, 0) is 11.3 Å². The molecule has 0 aliphatic carbocycles. The van der Waals surface area contributed by atoms with Gasteiger partial charge in [0.05, 0.1) is 28.8 Å². The first-order valence-corrected chi connectivity index (χ1v) is 6.37. The number of H-pyrrole nitrogens is 1. The topological polar surface area (TPSA) is 29.9 Å². The zero-order valence-corrected chi connectivity index (χ0v) is 11.4. The lowest BCUT2D eigenvalue weighted by molar-refractivity contribution is 0.0731. The van der Waals surface area contributed by atoms with Crippen molar-refractivity contribution in [2.75, 3.05) is 6.61 Å². The van der Waals surface area contributed by atoms with E-state index in [4.69, 9.17) is 28.6 Å². The molecule has 2 aromatic rings. The molecule has 1 N–H and O–H groups in total. The van der Waals surface area contributed by atoms with Gasteiger partial charge in [0.2, 0.25) is 0 Å². The first kappa shape index (κ1) is 12.6. The molecular formula is C12H15ClN2OS. The second-order valence-electron chi connectivity index (χ2n) is 4.14. The number of hydrogen-bond donors (Lipinski definition) is 1. The van der Waals surface area contributed by atoms with Crippen LogP contribution < -0.4 is 0 Å². The number of nitrogens with zero attached hydrogens (tertiary/aromatic N) is 1. The van der Waals surface area contributed by atoms with Gasteiger partial charge in [0, 0.05) is 6.54 Å². The number of fused-ring (bicyclic) bond motifs is 1. The Morgan fingerprint density at radius 1 is 1.47 bits per heavy atom. The summed E-state index contributed by atoms with van der Waals surface area (Å²) >= 11 is 11.4. The molecule has 0 unspecified atom stereocenters. The third-order valence-corrected chi connectivity index (χ3v) is 3.16. The lowest BCUT2D eigenvalue weighted by Gasteiger charge is -2.08. The predicted molar refractivity (Wildman–Crippen MR) is 73.2 cm³/mol. The van der Waals surface area contributed by atoms with Gasteiger partial charge in [-0.2, -0.15) is 0 Å². The first-order valence-electron chi connectivity index (χ1n) is 5.58. The van der Waals surface area contributed by atoms with E-state index in [1.165, 1.54) is 0 Å². The van der Waals surface area contributed by atoms with Crippen molar-refractivity contribution in [2.45, 2.75) is 26.5 Å². The summed E-state index contributed by atoms with van der Waals surface area (Å²) in [6, 6.07) is 5.78. The van der Waals surface area contributed by atoms with E-state index in [-0.39, 0.29) is 6.10 Å².